The quantitative estimate of drug-likeness (QED) is 0.852. The van der Waals surface area contributed by atoms with Gasteiger partial charge in [-0.2, -0.15) is 5.10 Å². The minimum Gasteiger partial charge on any atom is -0.493 e. The predicted octanol–water partition coefficient (Wildman–Crippen LogP) is 1.36. The molecular formula is C13H15N3O3. The molecule has 0 spiro atoms. The van der Waals surface area contributed by atoms with Crippen molar-refractivity contribution in [1.29, 1.82) is 0 Å². The third-order valence-corrected chi connectivity index (χ3v) is 2.65. The fraction of sp³-hybridized carbons (Fsp3) is 0.231. The molecule has 0 radical (unpaired) electrons. The van der Waals surface area contributed by atoms with Gasteiger partial charge in [0, 0.05) is 23.9 Å². The molecule has 2 rings (SSSR count). The van der Waals surface area contributed by atoms with Crippen molar-refractivity contribution >= 4 is 5.91 Å². The summed E-state index contributed by atoms with van der Waals surface area (Å²) < 4.78 is 10.3. The lowest BCUT2D eigenvalue weighted by atomic mass is 10.2. The van der Waals surface area contributed by atoms with Crippen LogP contribution in [0.25, 0.3) is 0 Å². The number of carbonyl (C=O) groups excluding carboxylic acids is 1. The maximum absolute atomic E-state index is 12.0. The molecule has 6 nitrogen and oxygen atoms in total. The van der Waals surface area contributed by atoms with Crippen LogP contribution in [0.2, 0.25) is 0 Å². The van der Waals surface area contributed by atoms with Crippen molar-refractivity contribution in [3.05, 3.63) is 41.7 Å². The molecule has 19 heavy (non-hydrogen) atoms. The number of aromatic nitrogens is 2. The normalized spacial score (nSPS) is 10.0. The van der Waals surface area contributed by atoms with Gasteiger partial charge in [0.25, 0.3) is 5.91 Å². The zero-order valence-corrected chi connectivity index (χ0v) is 10.8. The Hall–Kier alpha value is -2.50. The predicted molar refractivity (Wildman–Crippen MR) is 69.3 cm³/mol. The molecule has 6 heteroatoms. The summed E-state index contributed by atoms with van der Waals surface area (Å²) in [5, 5.41) is 9.29. The average Bonchev–Trinajstić information content (AvgIpc) is 2.97. The van der Waals surface area contributed by atoms with Gasteiger partial charge in [0.05, 0.1) is 20.4 Å². The topological polar surface area (TPSA) is 76.2 Å². The molecule has 1 heterocycles. The zero-order valence-electron chi connectivity index (χ0n) is 10.8. The second-order valence-corrected chi connectivity index (χ2v) is 3.86. The fourth-order valence-electron chi connectivity index (χ4n) is 1.64. The van der Waals surface area contributed by atoms with Gasteiger partial charge in [-0.15, -0.1) is 0 Å². The number of hydrogen-bond donors (Lipinski definition) is 2. The van der Waals surface area contributed by atoms with Crippen molar-refractivity contribution in [1.82, 2.24) is 15.5 Å². The summed E-state index contributed by atoms with van der Waals surface area (Å²) in [6.45, 7) is 0.420. The van der Waals surface area contributed by atoms with Crippen molar-refractivity contribution in [3.8, 4) is 11.5 Å². The Morgan fingerprint density at radius 3 is 2.74 bits per heavy atom. The fourth-order valence-corrected chi connectivity index (χ4v) is 1.64. The molecule has 1 aromatic carbocycles. The van der Waals surface area contributed by atoms with E-state index in [2.05, 4.69) is 15.5 Å². The van der Waals surface area contributed by atoms with Crippen LogP contribution < -0.4 is 14.8 Å². The zero-order chi connectivity index (χ0) is 13.7. The van der Waals surface area contributed by atoms with Gasteiger partial charge in [0.1, 0.15) is 0 Å². The molecule has 0 saturated heterocycles. The summed E-state index contributed by atoms with van der Waals surface area (Å²) >= 11 is 0. The molecule has 2 N–H and O–H groups in total. The number of ether oxygens (including phenoxy) is 2. The minimum atomic E-state index is -0.179. The van der Waals surface area contributed by atoms with Gasteiger partial charge in [0.15, 0.2) is 11.5 Å². The molecule has 0 aliphatic heterocycles. The molecule has 0 unspecified atom stereocenters. The summed E-state index contributed by atoms with van der Waals surface area (Å²) in [6, 6.07) is 5.03. The smallest absolute Gasteiger partial charge is 0.251 e. The van der Waals surface area contributed by atoms with Gasteiger partial charge in [-0.25, -0.2) is 0 Å². The number of carbonyl (C=O) groups is 1. The van der Waals surface area contributed by atoms with Crippen LogP contribution in [-0.2, 0) is 6.54 Å². The van der Waals surface area contributed by atoms with E-state index >= 15 is 0 Å². The van der Waals surface area contributed by atoms with Crippen LogP contribution >= 0.6 is 0 Å². The van der Waals surface area contributed by atoms with Gasteiger partial charge in [-0.1, -0.05) is 0 Å². The Balaban J connectivity index is 2.06. The Kier molecular flexibility index (Phi) is 4.02. The van der Waals surface area contributed by atoms with E-state index in [4.69, 9.17) is 9.47 Å². The molecule has 1 aromatic heterocycles. The van der Waals surface area contributed by atoms with Gasteiger partial charge >= 0.3 is 0 Å². The third-order valence-electron chi connectivity index (χ3n) is 2.65. The number of H-pyrrole nitrogens is 1. The summed E-state index contributed by atoms with van der Waals surface area (Å²) in [4.78, 5) is 12.0. The maximum Gasteiger partial charge on any atom is 0.251 e. The third kappa shape index (κ3) is 3.04. The molecule has 0 aliphatic carbocycles. The van der Waals surface area contributed by atoms with E-state index in [1.807, 2.05) is 0 Å². The van der Waals surface area contributed by atoms with Crippen LogP contribution in [0.1, 0.15) is 15.9 Å². The lowest BCUT2D eigenvalue weighted by molar-refractivity contribution is 0.0950. The largest absolute Gasteiger partial charge is 0.493 e. The maximum atomic E-state index is 12.0. The number of nitrogens with zero attached hydrogens (tertiary/aromatic N) is 1. The number of rotatable bonds is 5. The van der Waals surface area contributed by atoms with Gasteiger partial charge < -0.3 is 14.8 Å². The van der Waals surface area contributed by atoms with Crippen LogP contribution in [0, 0.1) is 0 Å². The van der Waals surface area contributed by atoms with Crippen LogP contribution in [0.15, 0.2) is 30.6 Å². The second kappa shape index (κ2) is 5.90. The Labute approximate surface area is 110 Å². The van der Waals surface area contributed by atoms with E-state index in [1.165, 1.54) is 7.11 Å². The first-order chi connectivity index (χ1) is 9.24. The van der Waals surface area contributed by atoms with Gasteiger partial charge in [0.2, 0.25) is 0 Å². The van der Waals surface area contributed by atoms with Gasteiger partial charge in [-0.05, 0) is 18.2 Å². The van der Waals surface area contributed by atoms with Crippen LogP contribution in [0.5, 0.6) is 11.5 Å². The first-order valence-corrected chi connectivity index (χ1v) is 5.72. The van der Waals surface area contributed by atoms with Crippen molar-refractivity contribution < 1.29 is 14.3 Å². The highest BCUT2D eigenvalue weighted by atomic mass is 16.5. The second-order valence-electron chi connectivity index (χ2n) is 3.86. The molecule has 0 atom stereocenters. The Morgan fingerprint density at radius 2 is 2.11 bits per heavy atom. The Bertz CT molecular complexity index is 552. The monoisotopic (exact) mass is 261 g/mol. The van der Waals surface area contributed by atoms with Gasteiger partial charge in [-0.3, -0.25) is 9.89 Å². The molecule has 0 aliphatic rings. The van der Waals surface area contributed by atoms with Crippen LogP contribution in [0.4, 0.5) is 0 Å². The Morgan fingerprint density at radius 1 is 1.32 bits per heavy atom. The highest BCUT2D eigenvalue weighted by Crippen LogP contribution is 2.27. The molecule has 1 amide bonds. The molecule has 2 aromatic rings. The molecular weight excluding hydrogens is 246 g/mol. The first kappa shape index (κ1) is 12.9. The number of benzene rings is 1. The van der Waals surface area contributed by atoms with Crippen molar-refractivity contribution in [3.63, 3.8) is 0 Å². The number of aromatic amines is 1. The van der Waals surface area contributed by atoms with E-state index in [0.29, 0.717) is 23.6 Å². The lowest BCUT2D eigenvalue weighted by Crippen LogP contribution is -2.22. The lowest BCUT2D eigenvalue weighted by Gasteiger charge is -2.09. The molecule has 100 valence electrons. The van der Waals surface area contributed by atoms with E-state index < -0.39 is 0 Å². The average molecular weight is 261 g/mol. The number of nitrogens with one attached hydrogen (secondary N) is 2. The summed E-state index contributed by atoms with van der Waals surface area (Å²) in [6.07, 6.45) is 3.39. The van der Waals surface area contributed by atoms with Crippen molar-refractivity contribution in [2.24, 2.45) is 0 Å². The van der Waals surface area contributed by atoms with Crippen molar-refractivity contribution in [2.45, 2.75) is 6.54 Å². The highest BCUT2D eigenvalue weighted by Gasteiger charge is 2.10. The van der Waals surface area contributed by atoms with Crippen LogP contribution in [0.3, 0.4) is 0 Å². The standard InChI is InChI=1S/C13H15N3O3/c1-18-11-4-3-10(5-12(11)19-2)13(17)14-6-9-7-15-16-8-9/h3-5,7-8H,6H2,1-2H3,(H,14,17)(H,15,16). The van der Waals surface area contributed by atoms with Crippen molar-refractivity contribution in [2.75, 3.05) is 14.2 Å². The van der Waals surface area contributed by atoms with E-state index in [1.54, 1.807) is 37.7 Å². The SMILES string of the molecule is COc1ccc(C(=O)NCc2cn[nH]c2)cc1OC. The highest BCUT2D eigenvalue weighted by molar-refractivity contribution is 5.94. The summed E-state index contributed by atoms with van der Waals surface area (Å²) in [5.41, 5.74) is 1.43. The van der Waals surface area contributed by atoms with E-state index in [9.17, 15) is 4.79 Å². The summed E-state index contributed by atoms with van der Waals surface area (Å²) in [7, 11) is 3.08. The molecule has 0 saturated carbocycles. The summed E-state index contributed by atoms with van der Waals surface area (Å²) in [5.74, 6) is 0.939. The minimum absolute atomic E-state index is 0.179. The number of methoxy groups -OCH3 is 2. The molecule has 0 bridgehead atoms. The van der Waals surface area contributed by atoms with Crippen LogP contribution in [-0.4, -0.2) is 30.3 Å². The number of hydrogen-bond acceptors (Lipinski definition) is 4. The number of amides is 1. The van der Waals surface area contributed by atoms with E-state index in [0.717, 1.165) is 5.56 Å². The molecule has 0 fully saturated rings. The first-order valence-electron chi connectivity index (χ1n) is 5.72. The van der Waals surface area contributed by atoms with E-state index in [-0.39, 0.29) is 5.91 Å².